The molecule has 1 N–H and O–H groups in total. The molecule has 4 heteroatoms. The number of para-hydroxylation sites is 3. The van der Waals surface area contributed by atoms with Crippen LogP contribution in [0.5, 0.6) is 0 Å². The second kappa shape index (κ2) is 10.6. The van der Waals surface area contributed by atoms with Crippen LogP contribution < -0.4 is 5.32 Å². The van der Waals surface area contributed by atoms with Gasteiger partial charge in [-0.1, -0.05) is 133 Å². The summed E-state index contributed by atoms with van der Waals surface area (Å²) in [5.74, 6) is 0.793. The van der Waals surface area contributed by atoms with Crippen LogP contribution >= 0.6 is 0 Å². The minimum absolute atomic E-state index is 0.0451. The maximum atomic E-state index is 6.94. The Morgan fingerprint density at radius 3 is 1.90 bits per heavy atom. The molecule has 0 saturated heterocycles. The van der Waals surface area contributed by atoms with Crippen molar-refractivity contribution in [2.75, 3.05) is 0 Å². The second-order valence-corrected chi connectivity index (χ2v) is 12.4. The molecule has 0 bridgehead atoms. The molecule has 10 rings (SSSR count). The van der Waals surface area contributed by atoms with E-state index in [1.165, 1.54) is 32.8 Å². The Labute approximate surface area is 276 Å². The topological polar surface area (TPSA) is 42.5 Å². The number of hydrogen-bond acceptors (Lipinski definition) is 3. The lowest BCUT2D eigenvalue weighted by atomic mass is 9.99. The molecule has 9 aromatic rings. The molecule has 3 heterocycles. The summed E-state index contributed by atoms with van der Waals surface area (Å²) >= 11 is 0. The Balaban J connectivity index is 1.22. The van der Waals surface area contributed by atoms with Crippen molar-refractivity contribution < 1.29 is 4.42 Å². The van der Waals surface area contributed by atoms with E-state index in [0.717, 1.165) is 55.7 Å². The van der Waals surface area contributed by atoms with Crippen LogP contribution in [0.2, 0.25) is 0 Å². The molecule has 1 unspecified atom stereocenters. The van der Waals surface area contributed by atoms with Crippen LogP contribution in [0.4, 0.5) is 0 Å². The summed E-state index contributed by atoms with van der Waals surface area (Å²) in [6, 6.07) is 55.5. The van der Waals surface area contributed by atoms with Gasteiger partial charge in [-0.05, 0) is 40.8 Å². The fourth-order valence-corrected chi connectivity index (χ4v) is 7.48. The molecular formula is C44H29N3O. The zero-order valence-corrected chi connectivity index (χ0v) is 26.0. The summed E-state index contributed by atoms with van der Waals surface area (Å²) in [7, 11) is 0. The molecular weight excluding hydrogens is 587 g/mol. The largest absolute Gasteiger partial charge is 0.455 e. The second-order valence-electron chi connectivity index (χ2n) is 12.4. The maximum Gasteiger partial charge on any atom is 0.146 e. The number of fused-ring (bicyclic) bond motifs is 8. The average Bonchev–Trinajstić information content (AvgIpc) is 3.71. The highest BCUT2D eigenvalue weighted by Crippen LogP contribution is 2.42. The third kappa shape index (κ3) is 4.06. The van der Waals surface area contributed by atoms with E-state index in [1.807, 2.05) is 6.07 Å². The molecule has 0 spiro atoms. The number of furan rings is 1. The summed E-state index contributed by atoms with van der Waals surface area (Å²) in [4.78, 5) is 5.21. The summed E-state index contributed by atoms with van der Waals surface area (Å²) in [6.45, 7) is 0. The fourth-order valence-electron chi connectivity index (χ4n) is 7.48. The molecule has 4 nitrogen and oxygen atoms in total. The lowest BCUT2D eigenvalue weighted by Crippen LogP contribution is -2.31. The Morgan fingerprint density at radius 2 is 1.17 bits per heavy atom. The van der Waals surface area contributed by atoms with Crippen LogP contribution in [0.25, 0.3) is 65.9 Å². The zero-order chi connectivity index (χ0) is 31.6. The first-order valence-corrected chi connectivity index (χ1v) is 16.4. The van der Waals surface area contributed by atoms with E-state index in [9.17, 15) is 0 Å². The van der Waals surface area contributed by atoms with Crippen molar-refractivity contribution in [1.29, 1.82) is 0 Å². The van der Waals surface area contributed by atoms with Gasteiger partial charge < -0.3 is 14.3 Å². The molecule has 0 amide bonds. The van der Waals surface area contributed by atoms with Crippen molar-refractivity contribution in [3.8, 4) is 5.69 Å². The number of benzene rings is 7. The highest BCUT2D eigenvalue weighted by Gasteiger charge is 2.24. The number of aliphatic imine (C=N–C) groups is 1. The smallest absolute Gasteiger partial charge is 0.146 e. The van der Waals surface area contributed by atoms with Crippen LogP contribution in [-0.4, -0.2) is 10.4 Å². The van der Waals surface area contributed by atoms with Crippen molar-refractivity contribution >= 4 is 66.0 Å². The summed E-state index contributed by atoms with van der Waals surface area (Å²) < 4.78 is 9.32. The van der Waals surface area contributed by atoms with E-state index in [1.54, 1.807) is 0 Å². The number of nitrogens with zero attached hydrogens (tertiary/aromatic N) is 2. The normalized spacial score (nSPS) is 14.9. The number of aromatic nitrogens is 1. The zero-order valence-electron chi connectivity index (χ0n) is 26.0. The van der Waals surface area contributed by atoms with Gasteiger partial charge in [0.2, 0.25) is 0 Å². The molecule has 0 saturated carbocycles. The number of hydrogen-bond donors (Lipinski definition) is 1. The summed E-state index contributed by atoms with van der Waals surface area (Å²) in [5.41, 5.74) is 9.25. The van der Waals surface area contributed by atoms with Crippen molar-refractivity contribution in [3.63, 3.8) is 0 Å². The summed E-state index contributed by atoms with van der Waals surface area (Å²) in [6.07, 6.45) is 2.21. The van der Waals surface area contributed by atoms with Gasteiger partial charge in [-0.2, -0.15) is 0 Å². The van der Waals surface area contributed by atoms with Gasteiger partial charge >= 0.3 is 0 Å². The first kappa shape index (κ1) is 26.8. The molecule has 0 aliphatic carbocycles. The Kier molecular flexibility index (Phi) is 5.90. The molecule has 1 atom stereocenters. The standard InChI is InChI=1S/C44H29N3O/c1-3-14-28(15-4-1)36-26-37(29-16-5-2-6-17-29)46-44(45-36)35-23-13-22-34-42-33-21-8-7-20-32(33)40(27-41(42)48-43(34)35)47-38-24-11-9-18-30(38)31-19-10-12-25-39(31)47/h1-27,36H,(H,45,46). The van der Waals surface area contributed by atoms with Gasteiger partial charge in [0, 0.05) is 33.0 Å². The SMILES string of the molecule is C1=C(c2ccccc2)N=C(c2cccc3c2oc2cc(-n4c5ccccc5c5ccccc54)c4ccccc4c23)NC1c1ccccc1. The van der Waals surface area contributed by atoms with Crippen LogP contribution in [0.3, 0.4) is 0 Å². The van der Waals surface area contributed by atoms with Crippen LogP contribution in [0.1, 0.15) is 22.7 Å². The van der Waals surface area contributed by atoms with Gasteiger partial charge in [0.25, 0.3) is 0 Å². The maximum absolute atomic E-state index is 6.94. The Hall–Kier alpha value is -6.39. The Morgan fingerprint density at radius 1 is 0.562 bits per heavy atom. The lowest BCUT2D eigenvalue weighted by molar-refractivity contribution is 0.667. The van der Waals surface area contributed by atoms with Crippen molar-refractivity contribution in [2.24, 2.45) is 4.99 Å². The molecule has 1 aliphatic rings. The molecule has 48 heavy (non-hydrogen) atoms. The first-order chi connectivity index (χ1) is 23.8. The van der Waals surface area contributed by atoms with E-state index in [0.29, 0.717) is 0 Å². The number of rotatable bonds is 4. The van der Waals surface area contributed by atoms with Crippen molar-refractivity contribution in [1.82, 2.24) is 9.88 Å². The van der Waals surface area contributed by atoms with Crippen molar-refractivity contribution in [3.05, 3.63) is 180 Å². The average molecular weight is 616 g/mol. The first-order valence-electron chi connectivity index (χ1n) is 16.4. The van der Waals surface area contributed by atoms with Crippen molar-refractivity contribution in [2.45, 2.75) is 6.04 Å². The summed E-state index contributed by atoms with van der Waals surface area (Å²) in [5, 5.41) is 10.7. The van der Waals surface area contributed by atoms with Gasteiger partial charge in [0.05, 0.1) is 34.0 Å². The van der Waals surface area contributed by atoms with Crippen LogP contribution in [0.15, 0.2) is 173 Å². The minimum Gasteiger partial charge on any atom is -0.455 e. The van der Waals surface area contributed by atoms with Gasteiger partial charge in [-0.15, -0.1) is 0 Å². The molecule has 226 valence electrons. The fraction of sp³-hybridized carbons (Fsp3) is 0.0227. The predicted molar refractivity (Wildman–Crippen MR) is 199 cm³/mol. The van der Waals surface area contributed by atoms with Crippen LogP contribution in [-0.2, 0) is 0 Å². The van der Waals surface area contributed by atoms with E-state index >= 15 is 0 Å². The molecule has 0 radical (unpaired) electrons. The number of nitrogens with one attached hydrogen (secondary N) is 1. The molecule has 0 fully saturated rings. The van der Waals surface area contributed by atoms with Gasteiger partial charge in [-0.3, -0.25) is 0 Å². The highest BCUT2D eigenvalue weighted by molar-refractivity contribution is 6.24. The molecule has 7 aromatic carbocycles. The Bertz CT molecular complexity index is 2700. The van der Waals surface area contributed by atoms with E-state index in [2.05, 4.69) is 168 Å². The lowest BCUT2D eigenvalue weighted by Gasteiger charge is -2.24. The molecule has 2 aromatic heterocycles. The highest BCUT2D eigenvalue weighted by atomic mass is 16.3. The van der Waals surface area contributed by atoms with E-state index in [-0.39, 0.29) is 6.04 Å². The quantitative estimate of drug-likeness (QED) is 0.214. The van der Waals surface area contributed by atoms with E-state index < -0.39 is 0 Å². The monoisotopic (exact) mass is 615 g/mol. The van der Waals surface area contributed by atoms with Crippen LogP contribution in [0, 0.1) is 0 Å². The predicted octanol–water partition coefficient (Wildman–Crippen LogP) is 11.0. The van der Waals surface area contributed by atoms with Gasteiger partial charge in [0.1, 0.15) is 17.0 Å². The van der Waals surface area contributed by atoms with Gasteiger partial charge in [-0.25, -0.2) is 4.99 Å². The minimum atomic E-state index is -0.0451. The third-order valence-corrected chi connectivity index (χ3v) is 9.64. The number of amidine groups is 1. The third-order valence-electron chi connectivity index (χ3n) is 9.64. The van der Waals surface area contributed by atoms with Gasteiger partial charge in [0.15, 0.2) is 0 Å². The molecule has 1 aliphatic heterocycles. The van der Waals surface area contributed by atoms with E-state index in [4.69, 9.17) is 9.41 Å².